The van der Waals surface area contributed by atoms with Gasteiger partial charge in [0, 0.05) is 11.1 Å². The Balaban J connectivity index is 2.19. The molecule has 0 aromatic heterocycles. The standard InChI is InChI=1S/C15H14BrClO2/c1-18-14-8-3-2-5-12(14)10-19-15-11(9-17)6-4-7-13(15)16/h2-8H,9-10H2,1H3. The molecule has 0 aliphatic carbocycles. The molecule has 0 saturated heterocycles. The fourth-order valence-electron chi connectivity index (χ4n) is 1.79. The number of ether oxygens (including phenoxy) is 2. The lowest BCUT2D eigenvalue weighted by Gasteiger charge is -2.13. The normalized spacial score (nSPS) is 10.3. The summed E-state index contributed by atoms with van der Waals surface area (Å²) in [4.78, 5) is 0. The number of hydrogen-bond donors (Lipinski definition) is 0. The topological polar surface area (TPSA) is 18.5 Å². The number of rotatable bonds is 5. The van der Waals surface area contributed by atoms with Crippen LogP contribution in [-0.2, 0) is 12.5 Å². The van der Waals surface area contributed by atoms with Gasteiger partial charge in [-0.05, 0) is 28.1 Å². The fourth-order valence-corrected chi connectivity index (χ4v) is 2.52. The summed E-state index contributed by atoms with van der Waals surface area (Å²) in [5, 5.41) is 0. The van der Waals surface area contributed by atoms with Crippen molar-refractivity contribution in [1.82, 2.24) is 0 Å². The molecule has 0 spiro atoms. The summed E-state index contributed by atoms with van der Waals surface area (Å²) in [7, 11) is 1.65. The first-order valence-corrected chi connectivity index (χ1v) is 7.17. The zero-order chi connectivity index (χ0) is 13.7. The van der Waals surface area contributed by atoms with Crippen molar-refractivity contribution in [2.45, 2.75) is 12.5 Å². The van der Waals surface area contributed by atoms with Gasteiger partial charge in [-0.15, -0.1) is 11.6 Å². The predicted octanol–water partition coefficient (Wildman–Crippen LogP) is 4.78. The van der Waals surface area contributed by atoms with Gasteiger partial charge in [0.25, 0.3) is 0 Å². The number of methoxy groups -OCH3 is 1. The van der Waals surface area contributed by atoms with E-state index in [0.29, 0.717) is 12.5 Å². The third kappa shape index (κ3) is 3.43. The third-order valence-electron chi connectivity index (χ3n) is 2.76. The molecule has 0 amide bonds. The van der Waals surface area contributed by atoms with Gasteiger partial charge in [-0.25, -0.2) is 0 Å². The summed E-state index contributed by atoms with van der Waals surface area (Å²) >= 11 is 9.40. The molecule has 2 aromatic carbocycles. The SMILES string of the molecule is COc1ccccc1COc1c(Br)cccc1CCl. The summed E-state index contributed by atoms with van der Waals surface area (Å²) in [6.07, 6.45) is 0. The van der Waals surface area contributed by atoms with Gasteiger partial charge in [0.1, 0.15) is 18.1 Å². The van der Waals surface area contributed by atoms with Crippen molar-refractivity contribution in [3.05, 3.63) is 58.1 Å². The van der Waals surface area contributed by atoms with Gasteiger partial charge in [-0.3, -0.25) is 0 Å². The number of halogens is 2. The van der Waals surface area contributed by atoms with Crippen molar-refractivity contribution < 1.29 is 9.47 Å². The predicted molar refractivity (Wildman–Crippen MR) is 81.0 cm³/mol. The van der Waals surface area contributed by atoms with E-state index in [1.165, 1.54) is 0 Å². The Labute approximate surface area is 126 Å². The highest BCUT2D eigenvalue weighted by atomic mass is 79.9. The zero-order valence-corrected chi connectivity index (χ0v) is 12.9. The van der Waals surface area contributed by atoms with Gasteiger partial charge in [0.15, 0.2) is 0 Å². The molecule has 0 heterocycles. The van der Waals surface area contributed by atoms with E-state index in [0.717, 1.165) is 27.1 Å². The second-order valence-corrected chi connectivity index (χ2v) is 5.08. The monoisotopic (exact) mass is 340 g/mol. The number of benzene rings is 2. The summed E-state index contributed by atoms with van der Waals surface area (Å²) in [6.45, 7) is 0.441. The van der Waals surface area contributed by atoms with Crippen molar-refractivity contribution in [3.8, 4) is 11.5 Å². The molecule has 0 aliphatic rings. The number of para-hydroxylation sites is 2. The molecular formula is C15H14BrClO2. The summed E-state index contributed by atoms with van der Waals surface area (Å²) in [6, 6.07) is 13.6. The average Bonchev–Trinajstić information content (AvgIpc) is 2.46. The maximum Gasteiger partial charge on any atom is 0.138 e. The van der Waals surface area contributed by atoms with Crippen LogP contribution in [0.3, 0.4) is 0 Å². The smallest absolute Gasteiger partial charge is 0.138 e. The molecule has 0 N–H and O–H groups in total. The Morgan fingerprint density at radius 3 is 2.53 bits per heavy atom. The first kappa shape index (κ1) is 14.2. The second kappa shape index (κ2) is 6.83. The van der Waals surface area contributed by atoms with Crippen LogP contribution < -0.4 is 9.47 Å². The third-order valence-corrected chi connectivity index (χ3v) is 3.67. The Bertz CT molecular complexity index is 558. The minimum atomic E-state index is 0.417. The lowest BCUT2D eigenvalue weighted by Crippen LogP contribution is -2.00. The molecule has 2 aromatic rings. The van der Waals surface area contributed by atoms with E-state index >= 15 is 0 Å². The fraction of sp³-hybridized carbons (Fsp3) is 0.200. The van der Waals surface area contributed by atoms with Crippen LogP contribution in [0.2, 0.25) is 0 Å². The van der Waals surface area contributed by atoms with Crippen LogP contribution in [0, 0.1) is 0 Å². The minimum Gasteiger partial charge on any atom is -0.496 e. The van der Waals surface area contributed by atoms with Crippen LogP contribution in [0.4, 0.5) is 0 Å². The van der Waals surface area contributed by atoms with Crippen LogP contribution in [0.5, 0.6) is 11.5 Å². The Morgan fingerprint density at radius 2 is 1.79 bits per heavy atom. The molecule has 0 aliphatic heterocycles. The molecule has 0 saturated carbocycles. The molecule has 2 nitrogen and oxygen atoms in total. The van der Waals surface area contributed by atoms with Gasteiger partial charge in [-0.2, -0.15) is 0 Å². The summed E-state index contributed by atoms with van der Waals surface area (Å²) in [5.41, 5.74) is 1.97. The maximum atomic E-state index is 5.92. The highest BCUT2D eigenvalue weighted by molar-refractivity contribution is 9.10. The van der Waals surface area contributed by atoms with Crippen LogP contribution in [-0.4, -0.2) is 7.11 Å². The second-order valence-electron chi connectivity index (χ2n) is 3.96. The highest BCUT2D eigenvalue weighted by Crippen LogP contribution is 2.31. The van der Waals surface area contributed by atoms with E-state index in [-0.39, 0.29) is 0 Å². The molecule has 2 rings (SSSR count). The molecule has 4 heteroatoms. The first-order valence-electron chi connectivity index (χ1n) is 5.84. The molecule has 100 valence electrons. The minimum absolute atomic E-state index is 0.417. The van der Waals surface area contributed by atoms with Crippen molar-refractivity contribution in [2.75, 3.05) is 7.11 Å². The number of hydrogen-bond acceptors (Lipinski definition) is 2. The molecule has 0 radical (unpaired) electrons. The van der Waals surface area contributed by atoms with E-state index in [4.69, 9.17) is 21.1 Å². The molecular weight excluding hydrogens is 328 g/mol. The van der Waals surface area contributed by atoms with E-state index in [1.807, 2.05) is 42.5 Å². The van der Waals surface area contributed by atoms with Crippen molar-refractivity contribution in [2.24, 2.45) is 0 Å². The van der Waals surface area contributed by atoms with Gasteiger partial charge in [0.05, 0.1) is 17.5 Å². The van der Waals surface area contributed by atoms with E-state index < -0.39 is 0 Å². The quantitative estimate of drug-likeness (QED) is 0.729. The molecule has 19 heavy (non-hydrogen) atoms. The van der Waals surface area contributed by atoms with Crippen molar-refractivity contribution >= 4 is 27.5 Å². The Morgan fingerprint density at radius 1 is 1.05 bits per heavy atom. The first-order chi connectivity index (χ1) is 9.26. The molecule has 0 atom stereocenters. The Kier molecular flexibility index (Phi) is 5.11. The summed E-state index contributed by atoms with van der Waals surface area (Å²) < 4.78 is 12.1. The zero-order valence-electron chi connectivity index (χ0n) is 10.5. The largest absolute Gasteiger partial charge is 0.496 e. The highest BCUT2D eigenvalue weighted by Gasteiger charge is 2.09. The van der Waals surface area contributed by atoms with Crippen LogP contribution in [0.1, 0.15) is 11.1 Å². The molecule has 0 bridgehead atoms. The van der Waals surface area contributed by atoms with Crippen LogP contribution in [0.15, 0.2) is 46.9 Å². The lowest BCUT2D eigenvalue weighted by atomic mass is 10.2. The van der Waals surface area contributed by atoms with Gasteiger partial charge in [-0.1, -0.05) is 30.3 Å². The van der Waals surface area contributed by atoms with Gasteiger partial charge in [0.2, 0.25) is 0 Å². The lowest BCUT2D eigenvalue weighted by molar-refractivity contribution is 0.293. The van der Waals surface area contributed by atoms with E-state index in [1.54, 1.807) is 7.11 Å². The average molecular weight is 342 g/mol. The van der Waals surface area contributed by atoms with Crippen LogP contribution in [0.25, 0.3) is 0 Å². The van der Waals surface area contributed by atoms with E-state index in [9.17, 15) is 0 Å². The summed E-state index contributed by atoms with van der Waals surface area (Å²) in [5.74, 6) is 2.02. The van der Waals surface area contributed by atoms with Gasteiger partial charge < -0.3 is 9.47 Å². The van der Waals surface area contributed by atoms with Crippen LogP contribution >= 0.6 is 27.5 Å². The maximum absolute atomic E-state index is 5.92. The van der Waals surface area contributed by atoms with E-state index in [2.05, 4.69) is 15.9 Å². The van der Waals surface area contributed by atoms with Crippen molar-refractivity contribution in [1.29, 1.82) is 0 Å². The van der Waals surface area contributed by atoms with Gasteiger partial charge >= 0.3 is 0 Å². The van der Waals surface area contributed by atoms with Crippen molar-refractivity contribution in [3.63, 3.8) is 0 Å². The molecule has 0 unspecified atom stereocenters. The Hall–Kier alpha value is -1.19. The number of alkyl halides is 1. The molecule has 0 fully saturated rings.